The molecule has 0 unspecified atom stereocenters. The van der Waals surface area contributed by atoms with E-state index in [1.165, 1.54) is 36.4 Å². The van der Waals surface area contributed by atoms with Gasteiger partial charge in [-0.1, -0.05) is 24.3 Å². The first-order valence-electron chi connectivity index (χ1n) is 8.42. The summed E-state index contributed by atoms with van der Waals surface area (Å²) in [5.74, 6) is -0.787. The highest BCUT2D eigenvalue weighted by Gasteiger charge is 2.31. The van der Waals surface area contributed by atoms with Crippen LogP contribution >= 0.6 is 0 Å². The van der Waals surface area contributed by atoms with E-state index in [1.807, 2.05) is 0 Å². The highest BCUT2D eigenvalue weighted by molar-refractivity contribution is 5.78. The number of benzene rings is 3. The van der Waals surface area contributed by atoms with Gasteiger partial charge in [-0.3, -0.25) is 0 Å². The van der Waals surface area contributed by atoms with Crippen LogP contribution in [-0.4, -0.2) is 12.7 Å². The zero-order valence-electron chi connectivity index (χ0n) is 15.0. The Morgan fingerprint density at radius 2 is 0.933 bits per heavy atom. The Labute approximate surface area is 167 Å². The fourth-order valence-corrected chi connectivity index (χ4v) is 2.55. The summed E-state index contributed by atoms with van der Waals surface area (Å²) in [5, 5.41) is 5.90. The first kappa shape index (κ1) is 21.2. The SMILES string of the molecule is FC(F)(F)Oc1cccc(Nc2ccccc2Nc2cccc(OC(F)(F)F)c2)c1. The van der Waals surface area contributed by atoms with Crippen molar-refractivity contribution in [2.24, 2.45) is 0 Å². The maximum absolute atomic E-state index is 12.4. The van der Waals surface area contributed by atoms with Gasteiger partial charge in [-0.05, 0) is 36.4 Å². The van der Waals surface area contributed by atoms with Gasteiger partial charge in [-0.15, -0.1) is 26.3 Å². The fraction of sp³-hybridized carbons (Fsp3) is 0.100. The van der Waals surface area contributed by atoms with Crippen molar-refractivity contribution in [1.29, 1.82) is 0 Å². The summed E-state index contributed by atoms with van der Waals surface area (Å²) < 4.78 is 82.2. The van der Waals surface area contributed by atoms with Crippen molar-refractivity contribution in [2.45, 2.75) is 12.7 Å². The molecule has 3 rings (SSSR count). The lowest BCUT2D eigenvalue weighted by Crippen LogP contribution is -2.17. The standard InChI is InChI=1S/C20H14F6N2O2/c21-19(22,23)29-15-7-3-5-13(11-15)27-17-9-1-2-10-18(17)28-14-6-4-8-16(12-14)30-20(24,25)26/h1-12,27-28H. The third kappa shape index (κ3) is 6.50. The smallest absolute Gasteiger partial charge is 0.406 e. The molecule has 4 nitrogen and oxygen atoms in total. The molecule has 3 aromatic carbocycles. The molecule has 0 aromatic heterocycles. The van der Waals surface area contributed by atoms with Gasteiger partial charge in [-0.25, -0.2) is 0 Å². The Balaban J connectivity index is 1.79. The number of rotatable bonds is 6. The van der Waals surface area contributed by atoms with Crippen molar-refractivity contribution in [2.75, 3.05) is 10.6 Å². The highest BCUT2D eigenvalue weighted by atomic mass is 19.4. The van der Waals surface area contributed by atoms with Crippen LogP contribution in [0.4, 0.5) is 49.1 Å². The van der Waals surface area contributed by atoms with Crippen LogP contribution in [0, 0.1) is 0 Å². The van der Waals surface area contributed by atoms with E-state index in [2.05, 4.69) is 20.1 Å². The van der Waals surface area contributed by atoms with Gasteiger partial charge in [0.1, 0.15) is 11.5 Å². The van der Waals surface area contributed by atoms with E-state index >= 15 is 0 Å². The average Bonchev–Trinajstić information content (AvgIpc) is 2.61. The van der Waals surface area contributed by atoms with Gasteiger partial charge < -0.3 is 20.1 Å². The van der Waals surface area contributed by atoms with Crippen LogP contribution in [0.5, 0.6) is 11.5 Å². The summed E-state index contributed by atoms with van der Waals surface area (Å²) in [6, 6.07) is 17.2. The lowest BCUT2D eigenvalue weighted by atomic mass is 10.2. The third-order valence-electron chi connectivity index (χ3n) is 3.62. The number of hydrogen-bond donors (Lipinski definition) is 2. The third-order valence-corrected chi connectivity index (χ3v) is 3.62. The molecule has 158 valence electrons. The molecule has 10 heteroatoms. The molecule has 0 aliphatic rings. The fourth-order valence-electron chi connectivity index (χ4n) is 2.55. The largest absolute Gasteiger partial charge is 0.573 e. The number of nitrogens with one attached hydrogen (secondary N) is 2. The van der Waals surface area contributed by atoms with Crippen molar-refractivity contribution in [3.8, 4) is 11.5 Å². The average molecular weight is 428 g/mol. The second-order valence-electron chi connectivity index (χ2n) is 5.95. The summed E-state index contributed by atoms with van der Waals surface area (Å²) in [6.45, 7) is 0. The first-order chi connectivity index (χ1) is 14.1. The van der Waals surface area contributed by atoms with Crippen LogP contribution in [0.2, 0.25) is 0 Å². The predicted molar refractivity (Wildman–Crippen MR) is 99.3 cm³/mol. The van der Waals surface area contributed by atoms with Crippen molar-refractivity contribution in [3.05, 3.63) is 72.8 Å². The molecule has 0 radical (unpaired) electrons. The van der Waals surface area contributed by atoms with E-state index in [9.17, 15) is 26.3 Å². The van der Waals surface area contributed by atoms with Crippen LogP contribution in [0.15, 0.2) is 72.8 Å². The topological polar surface area (TPSA) is 42.5 Å². The highest BCUT2D eigenvalue weighted by Crippen LogP contribution is 2.32. The van der Waals surface area contributed by atoms with E-state index in [1.54, 1.807) is 24.3 Å². The Morgan fingerprint density at radius 1 is 0.533 bits per heavy atom. The molecule has 0 spiro atoms. The van der Waals surface area contributed by atoms with Gasteiger partial charge in [0.05, 0.1) is 11.4 Å². The van der Waals surface area contributed by atoms with Gasteiger partial charge in [-0.2, -0.15) is 0 Å². The van der Waals surface area contributed by atoms with Crippen LogP contribution in [0.1, 0.15) is 0 Å². The van der Waals surface area contributed by atoms with E-state index in [0.29, 0.717) is 22.7 Å². The molecule has 0 amide bonds. The minimum atomic E-state index is -4.82. The van der Waals surface area contributed by atoms with Crippen molar-refractivity contribution in [1.82, 2.24) is 0 Å². The molecular weight excluding hydrogens is 414 g/mol. The van der Waals surface area contributed by atoms with E-state index in [0.717, 1.165) is 12.1 Å². The normalized spacial score (nSPS) is 11.7. The summed E-state index contributed by atoms with van der Waals surface area (Å²) in [4.78, 5) is 0. The summed E-state index contributed by atoms with van der Waals surface area (Å²) in [6.07, 6.45) is -9.64. The molecule has 0 saturated carbocycles. The zero-order chi connectivity index (χ0) is 21.8. The van der Waals surface area contributed by atoms with Gasteiger partial charge >= 0.3 is 12.7 Å². The number of hydrogen-bond acceptors (Lipinski definition) is 4. The molecule has 0 heterocycles. The summed E-state index contributed by atoms with van der Waals surface area (Å²) in [7, 11) is 0. The maximum Gasteiger partial charge on any atom is 0.573 e. The van der Waals surface area contributed by atoms with E-state index in [-0.39, 0.29) is 0 Å². The van der Waals surface area contributed by atoms with Crippen LogP contribution < -0.4 is 20.1 Å². The van der Waals surface area contributed by atoms with E-state index < -0.39 is 24.2 Å². The minimum absolute atomic E-state index is 0.320. The molecule has 2 N–H and O–H groups in total. The van der Waals surface area contributed by atoms with Crippen LogP contribution in [-0.2, 0) is 0 Å². The van der Waals surface area contributed by atoms with Crippen molar-refractivity contribution < 1.29 is 35.8 Å². The van der Waals surface area contributed by atoms with Gasteiger partial charge in [0.15, 0.2) is 0 Å². The quantitative estimate of drug-likeness (QED) is 0.416. The lowest BCUT2D eigenvalue weighted by Gasteiger charge is -2.16. The summed E-state index contributed by atoms with van der Waals surface area (Å²) in [5.41, 5.74) is 1.59. The van der Waals surface area contributed by atoms with Crippen molar-refractivity contribution in [3.63, 3.8) is 0 Å². The van der Waals surface area contributed by atoms with E-state index in [4.69, 9.17) is 0 Å². The minimum Gasteiger partial charge on any atom is -0.406 e. The van der Waals surface area contributed by atoms with Crippen LogP contribution in [0.3, 0.4) is 0 Å². The molecule has 0 fully saturated rings. The Kier molecular flexibility index (Phi) is 5.95. The maximum atomic E-state index is 12.4. The van der Waals surface area contributed by atoms with Gasteiger partial charge in [0.25, 0.3) is 0 Å². The molecule has 0 aliphatic carbocycles. The second kappa shape index (κ2) is 8.44. The number of alkyl halides is 6. The molecule has 30 heavy (non-hydrogen) atoms. The molecule has 0 atom stereocenters. The molecule has 3 aromatic rings. The zero-order valence-corrected chi connectivity index (χ0v) is 15.0. The Bertz CT molecular complexity index is 924. The predicted octanol–water partition coefficient (Wildman–Crippen LogP) is 6.97. The van der Waals surface area contributed by atoms with Gasteiger partial charge in [0.2, 0.25) is 0 Å². The number of halogens is 6. The lowest BCUT2D eigenvalue weighted by molar-refractivity contribution is -0.275. The number of para-hydroxylation sites is 2. The molecular formula is C20H14F6N2O2. The second-order valence-corrected chi connectivity index (χ2v) is 5.95. The van der Waals surface area contributed by atoms with Crippen molar-refractivity contribution >= 4 is 22.7 Å². The Hall–Kier alpha value is -3.56. The number of ether oxygens (including phenoxy) is 2. The molecule has 0 bridgehead atoms. The van der Waals surface area contributed by atoms with Crippen LogP contribution in [0.25, 0.3) is 0 Å². The van der Waals surface area contributed by atoms with Gasteiger partial charge in [0, 0.05) is 23.5 Å². The monoisotopic (exact) mass is 428 g/mol. The first-order valence-corrected chi connectivity index (χ1v) is 8.42. The number of anilines is 4. The Morgan fingerprint density at radius 3 is 1.30 bits per heavy atom. The molecule has 0 saturated heterocycles. The molecule has 0 aliphatic heterocycles. The summed E-state index contributed by atoms with van der Waals surface area (Å²) >= 11 is 0.